The summed E-state index contributed by atoms with van der Waals surface area (Å²) in [5.74, 6) is 1.78. The zero-order valence-corrected chi connectivity index (χ0v) is 16.7. The van der Waals surface area contributed by atoms with E-state index in [2.05, 4.69) is 20.6 Å². The van der Waals surface area contributed by atoms with Crippen molar-refractivity contribution < 1.29 is 4.74 Å². The molecule has 0 spiro atoms. The standard InChI is InChI=1S/C20H21Cl2N5O/c21-16-8-13(26-18-11-25-20(23)27-18)9-17(22)19(16)12-3-5-14(6-4-12)28-15-2-1-7-24-10-15/h3-6,8-9,15,24H,1-2,7,10-11H2,(H3,23,25,26,27). The number of nitrogens with one attached hydrogen (secondary N) is 2. The van der Waals surface area contributed by atoms with Crippen LogP contribution in [0, 0.1) is 0 Å². The molecule has 1 fully saturated rings. The molecule has 146 valence electrons. The lowest BCUT2D eigenvalue weighted by atomic mass is 10.0. The van der Waals surface area contributed by atoms with Crippen LogP contribution in [0.15, 0.2) is 46.4 Å². The summed E-state index contributed by atoms with van der Waals surface area (Å²) in [6.45, 7) is 2.37. The predicted molar refractivity (Wildman–Crippen MR) is 116 cm³/mol. The molecule has 2 aliphatic rings. The van der Waals surface area contributed by atoms with E-state index >= 15 is 0 Å². The second kappa shape index (κ2) is 8.39. The van der Waals surface area contributed by atoms with Gasteiger partial charge in [0.05, 0.1) is 10.0 Å². The molecular formula is C20H21Cl2N5O. The van der Waals surface area contributed by atoms with E-state index in [0.717, 1.165) is 48.5 Å². The molecule has 1 unspecified atom stereocenters. The maximum absolute atomic E-state index is 6.52. The molecule has 2 aromatic rings. The van der Waals surface area contributed by atoms with Gasteiger partial charge in [-0.05, 0) is 49.2 Å². The van der Waals surface area contributed by atoms with Crippen LogP contribution in [0.1, 0.15) is 12.8 Å². The third-order valence-electron chi connectivity index (χ3n) is 4.67. The maximum Gasteiger partial charge on any atom is 0.217 e. The highest BCUT2D eigenvalue weighted by Gasteiger charge is 2.16. The van der Waals surface area contributed by atoms with Gasteiger partial charge < -0.3 is 21.1 Å². The SMILES string of the molecule is NC1=NCC(Nc2cc(Cl)c(-c3ccc(OC4CCCNC4)cc3)c(Cl)c2)=N1. The molecule has 0 amide bonds. The first-order valence-electron chi connectivity index (χ1n) is 9.20. The molecule has 1 atom stereocenters. The second-order valence-corrected chi connectivity index (χ2v) is 7.60. The monoisotopic (exact) mass is 417 g/mol. The van der Waals surface area contributed by atoms with Gasteiger partial charge in [0.2, 0.25) is 5.96 Å². The maximum atomic E-state index is 6.52. The Hall–Kier alpha value is -2.28. The van der Waals surface area contributed by atoms with E-state index in [-0.39, 0.29) is 12.1 Å². The molecule has 0 bridgehead atoms. The van der Waals surface area contributed by atoms with Crippen molar-refractivity contribution in [2.45, 2.75) is 18.9 Å². The molecule has 28 heavy (non-hydrogen) atoms. The number of hydrogen-bond donors (Lipinski definition) is 3. The minimum Gasteiger partial charge on any atom is -0.489 e. The summed E-state index contributed by atoms with van der Waals surface area (Å²) in [7, 11) is 0. The highest BCUT2D eigenvalue weighted by atomic mass is 35.5. The Morgan fingerprint density at radius 1 is 1.14 bits per heavy atom. The fourth-order valence-corrected chi connectivity index (χ4v) is 4.04. The summed E-state index contributed by atoms with van der Waals surface area (Å²) >= 11 is 13.0. The Labute approximate surface area is 173 Å². The summed E-state index contributed by atoms with van der Waals surface area (Å²) in [6.07, 6.45) is 2.43. The average Bonchev–Trinajstić information content (AvgIpc) is 3.08. The molecule has 2 heterocycles. The second-order valence-electron chi connectivity index (χ2n) is 6.78. The number of hydrogen-bond acceptors (Lipinski definition) is 6. The van der Waals surface area contributed by atoms with E-state index < -0.39 is 0 Å². The molecule has 6 nitrogen and oxygen atoms in total. The normalized spacial score (nSPS) is 19.1. The van der Waals surface area contributed by atoms with Crippen LogP contribution >= 0.6 is 23.2 Å². The lowest BCUT2D eigenvalue weighted by Gasteiger charge is -2.24. The van der Waals surface area contributed by atoms with Gasteiger partial charge >= 0.3 is 0 Å². The Kier molecular flexibility index (Phi) is 5.71. The van der Waals surface area contributed by atoms with Gasteiger partial charge in [0.15, 0.2) is 0 Å². The van der Waals surface area contributed by atoms with Gasteiger partial charge in [-0.15, -0.1) is 0 Å². The third kappa shape index (κ3) is 4.41. The summed E-state index contributed by atoms with van der Waals surface area (Å²) in [4.78, 5) is 8.13. The molecule has 0 aromatic heterocycles. The van der Waals surface area contributed by atoms with Crippen LogP contribution in [0.4, 0.5) is 5.69 Å². The zero-order valence-electron chi connectivity index (χ0n) is 15.2. The average molecular weight is 418 g/mol. The van der Waals surface area contributed by atoms with Crippen molar-refractivity contribution in [3.63, 3.8) is 0 Å². The minimum absolute atomic E-state index is 0.216. The molecule has 0 radical (unpaired) electrons. The van der Waals surface area contributed by atoms with Crippen molar-refractivity contribution in [1.29, 1.82) is 0 Å². The van der Waals surface area contributed by atoms with E-state index in [9.17, 15) is 0 Å². The van der Waals surface area contributed by atoms with Crippen molar-refractivity contribution >= 4 is 40.7 Å². The Morgan fingerprint density at radius 2 is 1.89 bits per heavy atom. The van der Waals surface area contributed by atoms with E-state index in [1.807, 2.05) is 36.4 Å². The van der Waals surface area contributed by atoms with Gasteiger partial charge in [0, 0.05) is 17.8 Å². The van der Waals surface area contributed by atoms with Crippen molar-refractivity contribution in [1.82, 2.24) is 5.32 Å². The van der Waals surface area contributed by atoms with Crippen LogP contribution in [-0.2, 0) is 0 Å². The first kappa shape index (κ1) is 19.1. The number of amidine groups is 1. The first-order valence-corrected chi connectivity index (χ1v) is 9.95. The van der Waals surface area contributed by atoms with E-state index in [4.69, 9.17) is 33.7 Å². The number of ether oxygens (including phenoxy) is 1. The zero-order chi connectivity index (χ0) is 19.5. The van der Waals surface area contributed by atoms with Crippen LogP contribution in [0.3, 0.4) is 0 Å². The summed E-state index contributed by atoms with van der Waals surface area (Å²) < 4.78 is 6.04. The highest BCUT2D eigenvalue weighted by Crippen LogP contribution is 2.38. The lowest BCUT2D eigenvalue weighted by Crippen LogP contribution is -2.37. The predicted octanol–water partition coefficient (Wildman–Crippen LogP) is 3.93. The van der Waals surface area contributed by atoms with Crippen molar-refractivity contribution in [2.24, 2.45) is 15.7 Å². The highest BCUT2D eigenvalue weighted by molar-refractivity contribution is 6.39. The third-order valence-corrected chi connectivity index (χ3v) is 5.26. The van der Waals surface area contributed by atoms with Crippen LogP contribution in [0.2, 0.25) is 10.0 Å². The molecule has 8 heteroatoms. The van der Waals surface area contributed by atoms with Crippen molar-refractivity contribution in [2.75, 3.05) is 25.0 Å². The number of benzene rings is 2. The van der Waals surface area contributed by atoms with Crippen LogP contribution < -0.4 is 21.1 Å². The van der Waals surface area contributed by atoms with E-state index in [1.54, 1.807) is 0 Å². The van der Waals surface area contributed by atoms with E-state index in [1.165, 1.54) is 0 Å². The van der Waals surface area contributed by atoms with E-state index in [0.29, 0.717) is 22.4 Å². The van der Waals surface area contributed by atoms with Gasteiger partial charge in [-0.25, -0.2) is 4.99 Å². The van der Waals surface area contributed by atoms with Gasteiger partial charge in [-0.3, -0.25) is 0 Å². The molecule has 4 rings (SSSR count). The largest absolute Gasteiger partial charge is 0.489 e. The molecule has 2 aromatic carbocycles. The first-order chi connectivity index (χ1) is 13.6. The van der Waals surface area contributed by atoms with Crippen LogP contribution in [0.5, 0.6) is 5.75 Å². The quantitative estimate of drug-likeness (QED) is 0.703. The topological polar surface area (TPSA) is 84.0 Å². The summed E-state index contributed by atoms with van der Waals surface area (Å²) in [5.41, 5.74) is 8.02. The number of nitrogens with two attached hydrogens (primary N) is 1. The number of anilines is 1. The summed E-state index contributed by atoms with van der Waals surface area (Å²) in [6, 6.07) is 11.5. The molecule has 1 saturated heterocycles. The fraction of sp³-hybridized carbons (Fsp3) is 0.300. The molecule has 0 aliphatic carbocycles. The number of halogens is 2. The number of rotatable bonds is 4. The minimum atomic E-state index is 0.216. The lowest BCUT2D eigenvalue weighted by molar-refractivity contribution is 0.167. The Bertz CT molecular complexity index is 898. The molecule has 0 saturated carbocycles. The van der Waals surface area contributed by atoms with Gasteiger partial charge in [-0.1, -0.05) is 35.3 Å². The van der Waals surface area contributed by atoms with Gasteiger partial charge in [0.1, 0.15) is 24.2 Å². The number of guanidine groups is 1. The Morgan fingerprint density at radius 3 is 2.50 bits per heavy atom. The summed E-state index contributed by atoms with van der Waals surface area (Å²) in [5, 5.41) is 7.60. The number of nitrogens with zero attached hydrogens (tertiary/aromatic N) is 2. The molecule has 2 aliphatic heterocycles. The van der Waals surface area contributed by atoms with Gasteiger partial charge in [-0.2, -0.15) is 4.99 Å². The Balaban J connectivity index is 1.49. The molecular weight excluding hydrogens is 397 g/mol. The van der Waals surface area contributed by atoms with Gasteiger partial charge in [0.25, 0.3) is 0 Å². The fourth-order valence-electron chi connectivity index (χ4n) is 3.33. The smallest absolute Gasteiger partial charge is 0.217 e. The van der Waals surface area contributed by atoms with Crippen molar-refractivity contribution in [3.05, 3.63) is 46.4 Å². The number of piperidine rings is 1. The van der Waals surface area contributed by atoms with Crippen LogP contribution in [0.25, 0.3) is 11.1 Å². The van der Waals surface area contributed by atoms with Crippen molar-refractivity contribution in [3.8, 4) is 16.9 Å². The van der Waals surface area contributed by atoms with Crippen LogP contribution in [-0.4, -0.2) is 37.5 Å². The number of aliphatic imine (C=N–C) groups is 2. The molecule has 4 N–H and O–H groups in total.